The number of nitrogens with one attached hydrogen (secondary N) is 1. The Morgan fingerprint density at radius 2 is 1.84 bits per heavy atom. The van der Waals surface area contributed by atoms with Crippen molar-refractivity contribution in [3.8, 4) is 5.69 Å². The number of amides is 1. The highest BCUT2D eigenvalue weighted by atomic mass is 19.4. The zero-order chi connectivity index (χ0) is 27.0. The summed E-state index contributed by atoms with van der Waals surface area (Å²) >= 11 is 0. The van der Waals surface area contributed by atoms with Crippen molar-refractivity contribution in [1.82, 2.24) is 29.5 Å². The van der Waals surface area contributed by atoms with Crippen LogP contribution >= 0.6 is 0 Å². The fraction of sp³-hybridized carbons (Fsp3) is 0.148. The van der Waals surface area contributed by atoms with Crippen LogP contribution in [0.5, 0.6) is 0 Å². The fourth-order valence-electron chi connectivity index (χ4n) is 4.31. The van der Waals surface area contributed by atoms with Gasteiger partial charge in [0.1, 0.15) is 11.4 Å². The lowest BCUT2D eigenvalue weighted by molar-refractivity contribution is -0.0790. The molecule has 38 heavy (non-hydrogen) atoms. The van der Waals surface area contributed by atoms with Crippen molar-refractivity contribution in [1.29, 1.82) is 0 Å². The zero-order valence-electron chi connectivity index (χ0n) is 20.3. The van der Waals surface area contributed by atoms with Crippen molar-refractivity contribution >= 4 is 28.5 Å². The highest BCUT2D eigenvalue weighted by molar-refractivity contribution is 6.01. The van der Waals surface area contributed by atoms with Gasteiger partial charge >= 0.3 is 6.18 Å². The van der Waals surface area contributed by atoms with Gasteiger partial charge in [-0.1, -0.05) is 30.3 Å². The van der Waals surface area contributed by atoms with Crippen LogP contribution in [0.15, 0.2) is 77.9 Å². The number of halogens is 3. The molecule has 11 heteroatoms. The molecule has 1 unspecified atom stereocenters. The molecule has 0 saturated heterocycles. The summed E-state index contributed by atoms with van der Waals surface area (Å²) in [6.07, 6.45) is -0.375. The lowest BCUT2D eigenvalue weighted by atomic mass is 10.1. The van der Waals surface area contributed by atoms with E-state index < -0.39 is 23.7 Å². The van der Waals surface area contributed by atoms with Gasteiger partial charge in [0.15, 0.2) is 5.65 Å². The molecule has 8 nitrogen and oxygen atoms in total. The van der Waals surface area contributed by atoms with Crippen LogP contribution in [0, 0.1) is 6.92 Å². The first-order valence-electron chi connectivity index (χ1n) is 11.6. The first-order valence-corrected chi connectivity index (χ1v) is 11.6. The molecule has 5 aromatic rings. The summed E-state index contributed by atoms with van der Waals surface area (Å²) in [5.74, 6) is -0.249. The lowest BCUT2D eigenvalue weighted by Gasteiger charge is -2.20. The van der Waals surface area contributed by atoms with E-state index in [9.17, 15) is 22.8 Å². The van der Waals surface area contributed by atoms with E-state index in [0.29, 0.717) is 17.0 Å². The second-order valence-corrected chi connectivity index (χ2v) is 8.61. The van der Waals surface area contributed by atoms with Crippen LogP contribution in [0.2, 0.25) is 0 Å². The molecule has 0 aliphatic rings. The minimum absolute atomic E-state index is 0.0294. The number of hydrogen-bond acceptors (Lipinski definition) is 5. The van der Waals surface area contributed by atoms with E-state index >= 15 is 0 Å². The number of carbonyl (C=O) groups excluding carboxylic acids is 1. The molecule has 2 aromatic carbocycles. The Labute approximate surface area is 214 Å². The Morgan fingerprint density at radius 3 is 2.58 bits per heavy atom. The van der Waals surface area contributed by atoms with Crippen LogP contribution in [0.4, 0.5) is 13.2 Å². The summed E-state index contributed by atoms with van der Waals surface area (Å²) in [5, 5.41) is 7.22. The fourth-order valence-corrected chi connectivity index (χ4v) is 4.31. The van der Waals surface area contributed by atoms with E-state index in [1.165, 1.54) is 21.2 Å². The smallest absolute Gasteiger partial charge is 0.342 e. The highest BCUT2D eigenvalue weighted by Crippen LogP contribution is 2.24. The average Bonchev–Trinajstić information content (AvgIpc) is 3.23. The van der Waals surface area contributed by atoms with Crippen molar-refractivity contribution in [3.63, 3.8) is 0 Å². The molecule has 0 bridgehead atoms. The minimum atomic E-state index is -4.54. The standard InChI is InChI=1S/C27H21F3N6O2/c1-16-21(24-31-14-7-15-35(24)34-16)25(37)32-17(2)23-33-20-11-6-8-18(12-13-27(28,29)30)22(20)26(38)36(23)19-9-4-3-5-10-19/h3-15,17H,1-2H3,(H,32,37)/b13-12+. The van der Waals surface area contributed by atoms with E-state index in [4.69, 9.17) is 0 Å². The van der Waals surface area contributed by atoms with Gasteiger partial charge in [0.25, 0.3) is 11.5 Å². The SMILES string of the molecule is Cc1nn2cccnc2c1C(=O)NC(C)c1nc2cccc(/C=C/C(F)(F)F)c2c(=O)n1-c1ccccc1. The number of hydrogen-bond donors (Lipinski definition) is 1. The van der Waals surface area contributed by atoms with Gasteiger partial charge in [0.2, 0.25) is 0 Å². The van der Waals surface area contributed by atoms with Gasteiger partial charge in [0, 0.05) is 18.5 Å². The number of allylic oxidation sites excluding steroid dienone is 1. The molecule has 3 heterocycles. The second kappa shape index (κ2) is 9.58. The first-order chi connectivity index (χ1) is 18.1. The predicted molar refractivity (Wildman–Crippen MR) is 136 cm³/mol. The Bertz CT molecular complexity index is 1760. The minimum Gasteiger partial charge on any atom is -0.342 e. The molecule has 0 saturated carbocycles. The number of benzene rings is 2. The van der Waals surface area contributed by atoms with E-state index in [-0.39, 0.29) is 33.9 Å². The molecule has 5 rings (SSSR count). The molecule has 1 atom stereocenters. The van der Waals surface area contributed by atoms with E-state index in [2.05, 4.69) is 20.4 Å². The molecular formula is C27H21F3N6O2. The summed E-state index contributed by atoms with van der Waals surface area (Å²) in [4.78, 5) is 36.0. The molecule has 1 N–H and O–H groups in total. The third-order valence-corrected chi connectivity index (χ3v) is 5.95. The molecular weight excluding hydrogens is 497 g/mol. The maximum atomic E-state index is 13.8. The molecule has 0 radical (unpaired) electrons. The summed E-state index contributed by atoms with van der Waals surface area (Å²) in [5.41, 5.74) is 1.31. The summed E-state index contributed by atoms with van der Waals surface area (Å²) in [7, 11) is 0. The van der Waals surface area contributed by atoms with E-state index in [0.717, 1.165) is 6.08 Å². The van der Waals surface area contributed by atoms with Crippen molar-refractivity contribution < 1.29 is 18.0 Å². The molecule has 0 fully saturated rings. The molecule has 192 valence electrons. The van der Waals surface area contributed by atoms with Crippen molar-refractivity contribution in [2.45, 2.75) is 26.1 Å². The normalized spacial score (nSPS) is 12.9. The van der Waals surface area contributed by atoms with Crippen LogP contribution < -0.4 is 10.9 Å². The van der Waals surface area contributed by atoms with Crippen LogP contribution in [0.25, 0.3) is 28.3 Å². The molecule has 0 aliphatic carbocycles. The average molecular weight is 518 g/mol. The van der Waals surface area contributed by atoms with Crippen LogP contribution in [0.1, 0.15) is 40.4 Å². The first kappa shape index (κ1) is 24.9. The zero-order valence-corrected chi connectivity index (χ0v) is 20.3. The molecule has 0 aliphatic heterocycles. The van der Waals surface area contributed by atoms with Crippen LogP contribution in [0.3, 0.4) is 0 Å². The number of rotatable bonds is 5. The number of alkyl halides is 3. The highest BCUT2D eigenvalue weighted by Gasteiger charge is 2.25. The van der Waals surface area contributed by atoms with Gasteiger partial charge in [-0.15, -0.1) is 0 Å². The number of para-hydroxylation sites is 1. The van der Waals surface area contributed by atoms with Crippen molar-refractivity contribution in [2.24, 2.45) is 0 Å². The molecule has 1 amide bonds. The van der Waals surface area contributed by atoms with Gasteiger partial charge < -0.3 is 5.32 Å². The Balaban J connectivity index is 1.65. The van der Waals surface area contributed by atoms with Crippen molar-refractivity contribution in [3.05, 3.63) is 106 Å². The quantitative estimate of drug-likeness (QED) is 0.361. The summed E-state index contributed by atoms with van der Waals surface area (Å²) in [6.45, 7) is 3.37. The lowest BCUT2D eigenvalue weighted by Crippen LogP contribution is -2.33. The summed E-state index contributed by atoms with van der Waals surface area (Å²) < 4.78 is 41.5. The Morgan fingerprint density at radius 1 is 1.08 bits per heavy atom. The Hall–Kier alpha value is -4.80. The molecule has 3 aromatic heterocycles. The van der Waals surface area contributed by atoms with E-state index in [1.54, 1.807) is 68.7 Å². The number of fused-ring (bicyclic) bond motifs is 2. The number of nitrogens with zero attached hydrogens (tertiary/aromatic N) is 5. The van der Waals surface area contributed by atoms with Crippen molar-refractivity contribution in [2.75, 3.05) is 0 Å². The van der Waals surface area contributed by atoms with Gasteiger partial charge in [-0.05, 0) is 49.8 Å². The number of aryl methyl sites for hydroxylation is 1. The number of aromatic nitrogens is 5. The monoisotopic (exact) mass is 518 g/mol. The topological polar surface area (TPSA) is 94.2 Å². The summed E-state index contributed by atoms with van der Waals surface area (Å²) in [6, 6.07) is 14.0. The number of carbonyl (C=O) groups is 1. The Kier molecular flexibility index (Phi) is 6.27. The van der Waals surface area contributed by atoms with Gasteiger partial charge in [-0.2, -0.15) is 18.3 Å². The third-order valence-electron chi connectivity index (χ3n) is 5.95. The van der Waals surface area contributed by atoms with Gasteiger partial charge in [-0.3, -0.25) is 14.2 Å². The van der Waals surface area contributed by atoms with Gasteiger partial charge in [-0.25, -0.2) is 14.5 Å². The van der Waals surface area contributed by atoms with Crippen LogP contribution in [-0.2, 0) is 0 Å². The molecule has 0 spiro atoms. The maximum absolute atomic E-state index is 13.8. The third kappa shape index (κ3) is 4.65. The second-order valence-electron chi connectivity index (χ2n) is 8.61. The van der Waals surface area contributed by atoms with E-state index in [1.807, 2.05) is 0 Å². The van der Waals surface area contributed by atoms with Gasteiger partial charge in [0.05, 0.1) is 28.3 Å². The largest absolute Gasteiger partial charge is 0.409 e. The van der Waals surface area contributed by atoms with Crippen LogP contribution in [-0.4, -0.2) is 36.2 Å². The maximum Gasteiger partial charge on any atom is 0.409 e. The predicted octanol–water partition coefficient (Wildman–Crippen LogP) is 4.80.